The van der Waals surface area contributed by atoms with Gasteiger partial charge in [0.1, 0.15) is 10.6 Å². The fraction of sp³-hybridized carbons (Fsp3) is 0.241. The molecule has 0 radical (unpaired) electrons. The quantitative estimate of drug-likeness (QED) is 0.327. The summed E-state index contributed by atoms with van der Waals surface area (Å²) in [5.74, 6) is -0.222. The largest absolute Gasteiger partial charge is 0.349 e. The minimum atomic E-state index is -4.00. The van der Waals surface area contributed by atoms with E-state index >= 15 is 0 Å². The highest BCUT2D eigenvalue weighted by molar-refractivity contribution is 9.10. The normalized spacial score (nSPS) is 12.8. The van der Waals surface area contributed by atoms with Gasteiger partial charge in [0, 0.05) is 12.6 Å². The maximum atomic E-state index is 13.4. The number of rotatable bonds is 6. The average molecular weight is 595 g/mol. The van der Waals surface area contributed by atoms with Crippen LogP contribution in [0.2, 0.25) is 0 Å². The first-order valence-electron chi connectivity index (χ1n) is 12.4. The molecule has 4 aromatic rings. The molecule has 0 spiro atoms. The third-order valence-electron chi connectivity index (χ3n) is 6.71. The van der Waals surface area contributed by atoms with Crippen LogP contribution in [0.5, 0.6) is 0 Å². The minimum Gasteiger partial charge on any atom is -0.349 e. The SMILES string of the molecule is Cc1ccc(Cn2c(C(=O)NC(C)C)c(Br)c3c2-c2[nH]c(=O)c(S(=O)(=O)c4ccccc4)cc2CC3)cc1. The highest BCUT2D eigenvalue weighted by atomic mass is 79.9. The van der Waals surface area contributed by atoms with Gasteiger partial charge < -0.3 is 14.9 Å². The number of amides is 1. The van der Waals surface area contributed by atoms with Crippen molar-refractivity contribution < 1.29 is 13.2 Å². The summed E-state index contributed by atoms with van der Waals surface area (Å²) in [6, 6.07) is 17.4. The number of aromatic nitrogens is 2. The second kappa shape index (κ2) is 10.0. The number of hydrogen-bond donors (Lipinski definition) is 2. The van der Waals surface area contributed by atoms with Crippen LogP contribution in [0.15, 0.2) is 79.7 Å². The van der Waals surface area contributed by atoms with Gasteiger partial charge in [-0.3, -0.25) is 9.59 Å². The topological polar surface area (TPSA) is 101 Å². The molecule has 0 atom stereocenters. The van der Waals surface area contributed by atoms with Crippen LogP contribution in [0.4, 0.5) is 0 Å². The molecule has 1 aliphatic carbocycles. The van der Waals surface area contributed by atoms with Crippen molar-refractivity contribution in [2.75, 3.05) is 0 Å². The highest BCUT2D eigenvalue weighted by Crippen LogP contribution is 2.41. The molecule has 7 nitrogen and oxygen atoms in total. The molecule has 9 heteroatoms. The van der Waals surface area contributed by atoms with Gasteiger partial charge in [-0.2, -0.15) is 0 Å². The van der Waals surface area contributed by atoms with Gasteiger partial charge in [0.05, 0.1) is 20.8 Å². The number of aromatic amines is 1. The second-order valence-electron chi connectivity index (χ2n) is 9.87. The number of H-pyrrole nitrogens is 1. The molecule has 1 amide bonds. The Balaban J connectivity index is 1.71. The Morgan fingerprint density at radius 3 is 2.42 bits per heavy atom. The van der Waals surface area contributed by atoms with Crippen molar-refractivity contribution in [3.63, 3.8) is 0 Å². The monoisotopic (exact) mass is 593 g/mol. The fourth-order valence-electron chi connectivity index (χ4n) is 4.89. The van der Waals surface area contributed by atoms with E-state index in [2.05, 4.69) is 26.2 Å². The summed E-state index contributed by atoms with van der Waals surface area (Å²) >= 11 is 3.68. The Kier molecular flexibility index (Phi) is 6.92. The van der Waals surface area contributed by atoms with Gasteiger partial charge in [0.25, 0.3) is 11.5 Å². The van der Waals surface area contributed by atoms with Crippen molar-refractivity contribution in [1.29, 1.82) is 0 Å². The number of benzene rings is 2. The molecule has 0 fully saturated rings. The summed E-state index contributed by atoms with van der Waals surface area (Å²) in [5.41, 5.74) is 4.80. The molecule has 0 aliphatic heterocycles. The minimum absolute atomic E-state index is 0.0630. The first-order chi connectivity index (χ1) is 18.1. The van der Waals surface area contributed by atoms with Gasteiger partial charge in [0.2, 0.25) is 9.84 Å². The number of nitrogens with zero attached hydrogens (tertiary/aromatic N) is 1. The number of carbonyl (C=O) groups excluding carboxylic acids is 1. The van der Waals surface area contributed by atoms with E-state index in [0.29, 0.717) is 40.9 Å². The van der Waals surface area contributed by atoms with Crippen molar-refractivity contribution in [1.82, 2.24) is 14.9 Å². The zero-order chi connectivity index (χ0) is 27.2. The molecule has 1 aliphatic rings. The summed E-state index contributed by atoms with van der Waals surface area (Å²) in [5, 5.41) is 2.99. The number of sulfone groups is 1. The number of carbonyl (C=O) groups is 1. The summed E-state index contributed by atoms with van der Waals surface area (Å²) in [7, 11) is -4.00. The Bertz CT molecular complexity index is 1700. The lowest BCUT2D eigenvalue weighted by molar-refractivity contribution is 0.0933. The van der Waals surface area contributed by atoms with E-state index in [1.165, 1.54) is 18.2 Å². The third kappa shape index (κ3) is 4.65. The van der Waals surface area contributed by atoms with Crippen LogP contribution in [0.3, 0.4) is 0 Å². The molecule has 0 unspecified atom stereocenters. The smallest absolute Gasteiger partial charge is 0.269 e. The van der Waals surface area contributed by atoms with Gasteiger partial charge in [0.15, 0.2) is 0 Å². The van der Waals surface area contributed by atoms with Crippen LogP contribution >= 0.6 is 15.9 Å². The van der Waals surface area contributed by atoms with E-state index < -0.39 is 15.4 Å². The number of halogens is 1. The van der Waals surface area contributed by atoms with Crippen LogP contribution < -0.4 is 10.9 Å². The van der Waals surface area contributed by atoms with Crippen molar-refractivity contribution in [3.05, 3.63) is 103 Å². The first-order valence-corrected chi connectivity index (χ1v) is 14.7. The maximum absolute atomic E-state index is 13.4. The van der Waals surface area contributed by atoms with Crippen LogP contribution in [-0.4, -0.2) is 29.9 Å². The van der Waals surface area contributed by atoms with E-state index in [0.717, 1.165) is 22.3 Å². The zero-order valence-corrected chi connectivity index (χ0v) is 23.7. The zero-order valence-electron chi connectivity index (χ0n) is 21.3. The van der Waals surface area contributed by atoms with Crippen molar-refractivity contribution in [3.8, 4) is 11.4 Å². The number of aryl methyl sites for hydroxylation is 2. The predicted octanol–water partition coefficient (Wildman–Crippen LogP) is 5.03. The molecule has 0 saturated heterocycles. The second-order valence-corrected chi connectivity index (χ2v) is 12.6. The molecule has 0 saturated carbocycles. The highest BCUT2D eigenvalue weighted by Gasteiger charge is 2.33. The van der Waals surface area contributed by atoms with Gasteiger partial charge in [-0.15, -0.1) is 0 Å². The lowest BCUT2D eigenvalue weighted by atomic mass is 9.94. The lowest BCUT2D eigenvalue weighted by Gasteiger charge is -2.21. The molecule has 0 bridgehead atoms. The van der Waals surface area contributed by atoms with Gasteiger partial charge >= 0.3 is 0 Å². The lowest BCUT2D eigenvalue weighted by Crippen LogP contribution is -2.32. The summed E-state index contributed by atoms with van der Waals surface area (Å²) in [6.07, 6.45) is 1.11. The summed E-state index contributed by atoms with van der Waals surface area (Å²) in [4.78, 5) is 29.3. The number of nitrogens with one attached hydrogen (secondary N) is 2. The van der Waals surface area contributed by atoms with Crippen molar-refractivity contribution >= 4 is 31.7 Å². The van der Waals surface area contributed by atoms with Crippen LogP contribution in [-0.2, 0) is 29.2 Å². The van der Waals surface area contributed by atoms with E-state index in [4.69, 9.17) is 0 Å². The standard InChI is InChI=1S/C29H28BrN3O4S/c1-17(2)31-29(35)27-24(30)22-14-13-20-15-23(38(36,37)21-7-5-4-6-8-21)28(34)32-25(20)26(22)33(27)16-19-11-9-18(3)10-12-19/h4-12,15,17H,13-14,16H2,1-3H3,(H,31,35)(H,32,34). The Morgan fingerprint density at radius 1 is 1.08 bits per heavy atom. The molecule has 5 rings (SSSR count). The van der Waals surface area contributed by atoms with Crippen LogP contribution in [0.25, 0.3) is 11.4 Å². The summed E-state index contributed by atoms with van der Waals surface area (Å²) in [6.45, 7) is 6.23. The van der Waals surface area contributed by atoms with E-state index in [1.807, 2.05) is 49.6 Å². The van der Waals surface area contributed by atoms with Gasteiger partial charge in [-0.05, 0) is 84.4 Å². The maximum Gasteiger partial charge on any atom is 0.269 e. The Labute approximate surface area is 230 Å². The molecule has 2 aromatic heterocycles. The average Bonchev–Trinajstić information content (AvgIpc) is 3.16. The molecule has 2 aromatic carbocycles. The van der Waals surface area contributed by atoms with Crippen LogP contribution in [0, 0.1) is 6.92 Å². The van der Waals surface area contributed by atoms with Crippen LogP contribution in [0.1, 0.15) is 46.6 Å². The van der Waals surface area contributed by atoms with Crippen molar-refractivity contribution in [2.24, 2.45) is 0 Å². The Morgan fingerprint density at radius 2 is 1.76 bits per heavy atom. The summed E-state index contributed by atoms with van der Waals surface area (Å²) < 4.78 is 29.2. The fourth-order valence-corrected chi connectivity index (χ4v) is 7.03. The molecule has 38 heavy (non-hydrogen) atoms. The van der Waals surface area contributed by atoms with Gasteiger partial charge in [-0.25, -0.2) is 8.42 Å². The van der Waals surface area contributed by atoms with Gasteiger partial charge in [-0.1, -0.05) is 48.0 Å². The number of pyridine rings is 1. The molecule has 2 heterocycles. The molecule has 2 N–H and O–H groups in total. The molecule has 196 valence electrons. The number of fused-ring (bicyclic) bond motifs is 3. The van der Waals surface area contributed by atoms with Crippen molar-refractivity contribution in [2.45, 2.75) is 56.0 Å². The third-order valence-corrected chi connectivity index (χ3v) is 9.34. The molecular weight excluding hydrogens is 566 g/mol. The molecular formula is C29H28BrN3O4S. The van der Waals surface area contributed by atoms with E-state index in [1.54, 1.807) is 18.2 Å². The van der Waals surface area contributed by atoms with E-state index in [-0.39, 0.29) is 21.7 Å². The Hall–Kier alpha value is -3.43. The predicted molar refractivity (Wildman–Crippen MR) is 150 cm³/mol. The number of hydrogen-bond acceptors (Lipinski definition) is 4. The van der Waals surface area contributed by atoms with E-state index in [9.17, 15) is 18.0 Å². The first kappa shape index (κ1) is 26.2.